The summed E-state index contributed by atoms with van der Waals surface area (Å²) in [5, 5.41) is 1.83. The summed E-state index contributed by atoms with van der Waals surface area (Å²) in [4.78, 5) is 3.38. The van der Waals surface area contributed by atoms with Crippen LogP contribution in [0.2, 0.25) is 5.02 Å². The summed E-state index contributed by atoms with van der Waals surface area (Å²) < 4.78 is 5.48. The van der Waals surface area contributed by atoms with Crippen LogP contribution < -0.4 is 10.5 Å². The molecule has 2 aromatic rings. The Morgan fingerprint density at radius 3 is 2.72 bits per heavy atom. The zero-order valence-corrected chi connectivity index (χ0v) is 11.4. The number of fused-ring (bicyclic) bond motifs is 1. The number of ether oxygens (including phenoxy) is 1. The van der Waals surface area contributed by atoms with Crippen LogP contribution in [0, 0.1) is 6.92 Å². The fraction of sp³-hybridized carbons (Fsp3) is 0.429. The fourth-order valence-corrected chi connectivity index (χ4v) is 3.11. The van der Waals surface area contributed by atoms with Crippen LogP contribution in [0.4, 0.5) is 0 Å². The first-order valence-corrected chi connectivity index (χ1v) is 6.56. The van der Waals surface area contributed by atoms with Crippen LogP contribution in [-0.4, -0.2) is 18.6 Å². The molecule has 18 heavy (non-hydrogen) atoms. The Kier molecular flexibility index (Phi) is 2.57. The lowest BCUT2D eigenvalue weighted by Crippen LogP contribution is -2.20. The molecule has 1 aromatic carbocycles. The van der Waals surface area contributed by atoms with Gasteiger partial charge in [-0.3, -0.25) is 0 Å². The SMILES string of the molecule is COc1ccc(Cl)c2[nH]c(C)c(C3(CN)CC3)c12. The molecule has 1 aromatic heterocycles. The lowest BCUT2D eigenvalue weighted by atomic mass is 9.93. The van der Waals surface area contributed by atoms with Crippen molar-refractivity contribution in [3.8, 4) is 5.75 Å². The van der Waals surface area contributed by atoms with Crippen LogP contribution in [0.3, 0.4) is 0 Å². The molecule has 3 rings (SSSR count). The zero-order valence-electron chi connectivity index (χ0n) is 10.6. The molecule has 0 saturated heterocycles. The average molecular weight is 265 g/mol. The molecule has 0 unspecified atom stereocenters. The highest BCUT2D eigenvalue weighted by Gasteiger charge is 2.46. The summed E-state index contributed by atoms with van der Waals surface area (Å²) in [6, 6.07) is 3.79. The van der Waals surface area contributed by atoms with E-state index in [0.717, 1.165) is 40.2 Å². The van der Waals surface area contributed by atoms with Crippen LogP contribution in [-0.2, 0) is 5.41 Å². The first-order valence-electron chi connectivity index (χ1n) is 6.18. The molecule has 1 heterocycles. The third-order valence-corrected chi connectivity index (χ3v) is 4.36. The van der Waals surface area contributed by atoms with Gasteiger partial charge in [0.1, 0.15) is 5.75 Å². The number of nitrogens with one attached hydrogen (secondary N) is 1. The Balaban J connectivity index is 2.37. The van der Waals surface area contributed by atoms with Crippen LogP contribution in [0.5, 0.6) is 5.75 Å². The molecule has 1 saturated carbocycles. The van der Waals surface area contributed by atoms with Crippen molar-refractivity contribution in [2.24, 2.45) is 5.73 Å². The topological polar surface area (TPSA) is 51.0 Å². The highest BCUT2D eigenvalue weighted by molar-refractivity contribution is 6.35. The summed E-state index contributed by atoms with van der Waals surface area (Å²) >= 11 is 6.27. The number of hydrogen-bond donors (Lipinski definition) is 2. The maximum Gasteiger partial charge on any atom is 0.128 e. The Bertz CT molecular complexity index is 614. The molecule has 96 valence electrons. The summed E-state index contributed by atoms with van der Waals surface area (Å²) in [7, 11) is 1.69. The van der Waals surface area contributed by atoms with Crippen molar-refractivity contribution in [3.63, 3.8) is 0 Å². The molecule has 4 heteroatoms. The quantitative estimate of drug-likeness (QED) is 0.895. The summed E-state index contributed by atoms with van der Waals surface area (Å²) in [5.41, 5.74) is 9.49. The van der Waals surface area contributed by atoms with E-state index in [-0.39, 0.29) is 5.41 Å². The standard InChI is InChI=1S/C14H17ClN2O/c1-8-12(14(7-16)5-6-14)11-10(18-2)4-3-9(15)13(11)17-8/h3-4,17H,5-7,16H2,1-2H3. The van der Waals surface area contributed by atoms with Gasteiger partial charge >= 0.3 is 0 Å². The van der Waals surface area contributed by atoms with Crippen molar-refractivity contribution < 1.29 is 4.74 Å². The molecule has 1 aliphatic carbocycles. The molecular formula is C14H17ClN2O. The number of aryl methyl sites for hydroxylation is 1. The van der Waals surface area contributed by atoms with Crippen LogP contribution >= 0.6 is 11.6 Å². The number of benzene rings is 1. The third kappa shape index (κ3) is 1.47. The molecule has 0 bridgehead atoms. The first kappa shape index (κ1) is 11.9. The van der Waals surface area contributed by atoms with E-state index < -0.39 is 0 Å². The molecule has 0 radical (unpaired) electrons. The number of methoxy groups -OCH3 is 1. The molecule has 0 amide bonds. The summed E-state index contributed by atoms with van der Waals surface area (Å²) in [6.45, 7) is 2.76. The summed E-state index contributed by atoms with van der Waals surface area (Å²) in [6.07, 6.45) is 2.29. The Morgan fingerprint density at radius 1 is 1.44 bits per heavy atom. The van der Waals surface area contributed by atoms with E-state index in [1.54, 1.807) is 7.11 Å². The van der Waals surface area contributed by atoms with Crippen molar-refractivity contribution in [2.45, 2.75) is 25.2 Å². The minimum Gasteiger partial charge on any atom is -0.496 e. The number of rotatable bonds is 3. The van der Waals surface area contributed by atoms with Gasteiger partial charge in [-0.15, -0.1) is 0 Å². The van der Waals surface area contributed by atoms with Crippen LogP contribution in [0.1, 0.15) is 24.1 Å². The number of nitrogens with two attached hydrogens (primary N) is 1. The number of hydrogen-bond acceptors (Lipinski definition) is 2. The van der Waals surface area contributed by atoms with E-state index in [1.807, 2.05) is 12.1 Å². The molecule has 3 nitrogen and oxygen atoms in total. The van der Waals surface area contributed by atoms with E-state index in [0.29, 0.717) is 6.54 Å². The van der Waals surface area contributed by atoms with Crippen molar-refractivity contribution in [1.29, 1.82) is 0 Å². The second kappa shape index (κ2) is 3.90. The predicted octanol–water partition coefficient (Wildman–Crippen LogP) is 3.13. The monoisotopic (exact) mass is 264 g/mol. The van der Waals surface area contributed by atoms with E-state index in [1.165, 1.54) is 5.56 Å². The van der Waals surface area contributed by atoms with Crippen molar-refractivity contribution in [3.05, 3.63) is 28.4 Å². The minimum absolute atomic E-state index is 0.125. The smallest absolute Gasteiger partial charge is 0.128 e. The number of aromatic amines is 1. The second-order valence-electron chi connectivity index (χ2n) is 5.11. The van der Waals surface area contributed by atoms with Gasteiger partial charge < -0.3 is 15.5 Å². The van der Waals surface area contributed by atoms with Gasteiger partial charge in [-0.25, -0.2) is 0 Å². The van der Waals surface area contributed by atoms with E-state index >= 15 is 0 Å². The van der Waals surface area contributed by atoms with Gasteiger partial charge in [-0.05, 0) is 37.5 Å². The Morgan fingerprint density at radius 2 is 2.17 bits per heavy atom. The lowest BCUT2D eigenvalue weighted by Gasteiger charge is -2.14. The van der Waals surface area contributed by atoms with Gasteiger partial charge in [0.05, 0.1) is 17.6 Å². The summed E-state index contributed by atoms with van der Waals surface area (Å²) in [5.74, 6) is 0.869. The highest BCUT2D eigenvalue weighted by atomic mass is 35.5. The van der Waals surface area contributed by atoms with Crippen molar-refractivity contribution >= 4 is 22.5 Å². The fourth-order valence-electron chi connectivity index (χ4n) is 2.91. The van der Waals surface area contributed by atoms with Gasteiger partial charge in [0.15, 0.2) is 0 Å². The molecule has 0 atom stereocenters. The van der Waals surface area contributed by atoms with Gasteiger partial charge in [-0.1, -0.05) is 11.6 Å². The Labute approximate surface area is 111 Å². The normalized spacial score (nSPS) is 17.1. The predicted molar refractivity (Wildman–Crippen MR) is 74.6 cm³/mol. The maximum atomic E-state index is 6.27. The minimum atomic E-state index is 0.125. The molecule has 0 aliphatic heterocycles. The third-order valence-electron chi connectivity index (χ3n) is 4.05. The van der Waals surface area contributed by atoms with Crippen LogP contribution in [0.15, 0.2) is 12.1 Å². The Hall–Kier alpha value is -1.19. The van der Waals surface area contributed by atoms with E-state index in [9.17, 15) is 0 Å². The zero-order chi connectivity index (χ0) is 12.9. The molecule has 1 fully saturated rings. The number of aromatic nitrogens is 1. The first-order chi connectivity index (χ1) is 8.63. The van der Waals surface area contributed by atoms with Crippen molar-refractivity contribution in [2.75, 3.05) is 13.7 Å². The van der Waals surface area contributed by atoms with Crippen molar-refractivity contribution in [1.82, 2.24) is 4.98 Å². The molecule has 3 N–H and O–H groups in total. The molecule has 0 spiro atoms. The average Bonchev–Trinajstić information content (AvgIpc) is 3.07. The van der Waals surface area contributed by atoms with E-state index in [2.05, 4.69) is 11.9 Å². The number of halogens is 1. The van der Waals surface area contributed by atoms with Gasteiger partial charge in [0, 0.05) is 23.0 Å². The van der Waals surface area contributed by atoms with E-state index in [4.69, 9.17) is 22.1 Å². The largest absolute Gasteiger partial charge is 0.496 e. The molecule has 1 aliphatic rings. The highest BCUT2D eigenvalue weighted by Crippen LogP contribution is 2.53. The maximum absolute atomic E-state index is 6.27. The van der Waals surface area contributed by atoms with Crippen LogP contribution in [0.25, 0.3) is 10.9 Å². The second-order valence-corrected chi connectivity index (χ2v) is 5.52. The molecular weight excluding hydrogens is 248 g/mol. The lowest BCUT2D eigenvalue weighted by molar-refractivity contribution is 0.419. The van der Waals surface area contributed by atoms with Gasteiger partial charge in [0.25, 0.3) is 0 Å². The van der Waals surface area contributed by atoms with Gasteiger partial charge in [0.2, 0.25) is 0 Å². The van der Waals surface area contributed by atoms with Gasteiger partial charge in [-0.2, -0.15) is 0 Å². The number of H-pyrrole nitrogens is 1.